The summed E-state index contributed by atoms with van der Waals surface area (Å²) >= 11 is 0. The first kappa shape index (κ1) is 23.4. The van der Waals surface area contributed by atoms with Gasteiger partial charge in [0.2, 0.25) is 0 Å². The van der Waals surface area contributed by atoms with Crippen LogP contribution in [-0.4, -0.2) is 30.2 Å². The molecule has 0 unspecified atom stereocenters. The van der Waals surface area contributed by atoms with Crippen LogP contribution in [0.1, 0.15) is 64.4 Å². The maximum Gasteiger partial charge on any atom is 0.265 e. The number of unbranched alkanes of at least 4 members (excludes halogenated alkanes) is 1. The first-order valence-corrected chi connectivity index (χ1v) is 10.2. The minimum absolute atomic E-state index is 0.278. The summed E-state index contributed by atoms with van der Waals surface area (Å²) < 4.78 is 13.4. The molecule has 1 amide bonds. The highest BCUT2D eigenvalue weighted by molar-refractivity contribution is 5.83. The normalized spacial score (nSPS) is 12.2. The highest BCUT2D eigenvalue weighted by Crippen LogP contribution is 2.16. The van der Waals surface area contributed by atoms with Gasteiger partial charge in [0.15, 0.2) is 0 Å². The first-order valence-electron chi connectivity index (χ1n) is 10.2. The Balaban J connectivity index is 2.38. The predicted molar refractivity (Wildman–Crippen MR) is 109 cm³/mol. The van der Waals surface area contributed by atoms with Crippen molar-refractivity contribution in [2.24, 2.45) is 5.92 Å². The van der Waals surface area contributed by atoms with Gasteiger partial charge in [-0.25, -0.2) is 9.87 Å². The zero-order valence-electron chi connectivity index (χ0n) is 17.0. The Bertz CT molecular complexity index is 548. The molecule has 0 saturated carbocycles. The number of carbonyl (C=O) groups is 1. The largest absolute Gasteiger partial charge is 0.374 e. The van der Waals surface area contributed by atoms with Gasteiger partial charge in [-0.1, -0.05) is 26.7 Å². The lowest BCUT2D eigenvalue weighted by Crippen LogP contribution is -2.38. The lowest BCUT2D eigenvalue weighted by molar-refractivity contribution is -0.130. The molecule has 0 heterocycles. The van der Waals surface area contributed by atoms with E-state index in [1.165, 1.54) is 31.7 Å². The van der Waals surface area contributed by atoms with Crippen molar-refractivity contribution in [2.45, 2.75) is 71.8 Å². The number of anilines is 1. The van der Waals surface area contributed by atoms with Gasteiger partial charge in [-0.2, -0.15) is 0 Å². The minimum Gasteiger partial charge on any atom is -0.374 e. The Morgan fingerprint density at radius 1 is 1.15 bits per heavy atom. The van der Waals surface area contributed by atoms with Crippen LogP contribution in [0.15, 0.2) is 18.2 Å². The van der Waals surface area contributed by atoms with E-state index in [2.05, 4.69) is 24.5 Å². The average Bonchev–Trinajstić information content (AvgIpc) is 2.66. The van der Waals surface area contributed by atoms with E-state index in [1.54, 1.807) is 24.5 Å². The fraction of sp³-hybridized carbons (Fsp3) is 0.667. The standard InChI is InChI=1S/C21H36FN3O2/c1-4-8-17(9-5-2)15-23-13-7-6-10-20(21(26)25-27)24-18-11-12-19(22)16(3)14-18/h11-12,14,17,20,23-24,27H,4-10,13,15H2,1-3H3,(H,25,26)/t20-/m1/s1. The van der Waals surface area contributed by atoms with Crippen LogP contribution in [0, 0.1) is 18.7 Å². The molecule has 1 aromatic carbocycles. The van der Waals surface area contributed by atoms with Gasteiger partial charge >= 0.3 is 0 Å². The second-order valence-electron chi connectivity index (χ2n) is 7.28. The van der Waals surface area contributed by atoms with Crippen molar-refractivity contribution < 1.29 is 14.4 Å². The number of hydroxylamine groups is 1. The lowest BCUT2D eigenvalue weighted by atomic mass is 9.98. The number of amides is 1. The number of rotatable bonds is 14. The van der Waals surface area contributed by atoms with Gasteiger partial charge in [0.05, 0.1) is 0 Å². The molecule has 5 nitrogen and oxygen atoms in total. The zero-order chi connectivity index (χ0) is 20.1. The van der Waals surface area contributed by atoms with Crippen LogP contribution in [-0.2, 0) is 4.79 Å². The Labute approximate surface area is 163 Å². The van der Waals surface area contributed by atoms with E-state index in [0.717, 1.165) is 31.8 Å². The molecular formula is C21H36FN3O2. The molecule has 0 radical (unpaired) electrons. The van der Waals surface area contributed by atoms with Crippen molar-refractivity contribution in [1.29, 1.82) is 0 Å². The molecule has 0 spiro atoms. The summed E-state index contributed by atoms with van der Waals surface area (Å²) in [6, 6.07) is 4.09. The van der Waals surface area contributed by atoms with Crippen LogP contribution in [0.3, 0.4) is 0 Å². The molecule has 1 rings (SSSR count). The van der Waals surface area contributed by atoms with Crippen molar-refractivity contribution in [1.82, 2.24) is 10.8 Å². The monoisotopic (exact) mass is 381 g/mol. The van der Waals surface area contributed by atoms with Crippen molar-refractivity contribution in [3.8, 4) is 0 Å². The topological polar surface area (TPSA) is 73.4 Å². The number of benzene rings is 1. The van der Waals surface area contributed by atoms with Crippen molar-refractivity contribution in [2.75, 3.05) is 18.4 Å². The van der Waals surface area contributed by atoms with Gasteiger partial charge in [0.1, 0.15) is 11.9 Å². The fourth-order valence-electron chi connectivity index (χ4n) is 3.35. The van der Waals surface area contributed by atoms with Crippen LogP contribution in [0.5, 0.6) is 0 Å². The fourth-order valence-corrected chi connectivity index (χ4v) is 3.35. The quantitative estimate of drug-likeness (QED) is 0.219. The maximum atomic E-state index is 13.4. The highest BCUT2D eigenvalue weighted by Gasteiger charge is 2.17. The van der Waals surface area contributed by atoms with E-state index in [-0.39, 0.29) is 5.82 Å². The molecule has 154 valence electrons. The van der Waals surface area contributed by atoms with Crippen LogP contribution in [0.2, 0.25) is 0 Å². The van der Waals surface area contributed by atoms with Crippen molar-refractivity contribution in [3.63, 3.8) is 0 Å². The summed E-state index contributed by atoms with van der Waals surface area (Å²) in [5.74, 6) is -0.00794. The number of carbonyl (C=O) groups excluding carboxylic acids is 1. The molecule has 6 heteroatoms. The number of halogens is 1. The lowest BCUT2D eigenvalue weighted by Gasteiger charge is -2.19. The minimum atomic E-state index is -0.548. The third kappa shape index (κ3) is 9.20. The Hall–Kier alpha value is -1.66. The smallest absolute Gasteiger partial charge is 0.265 e. The molecule has 0 aliphatic rings. The molecule has 1 aromatic rings. The van der Waals surface area contributed by atoms with Gasteiger partial charge in [0, 0.05) is 5.69 Å². The van der Waals surface area contributed by atoms with Gasteiger partial charge in [-0.15, -0.1) is 0 Å². The van der Waals surface area contributed by atoms with Gasteiger partial charge in [0.25, 0.3) is 5.91 Å². The number of hydrogen-bond acceptors (Lipinski definition) is 4. The summed E-state index contributed by atoms with van der Waals surface area (Å²) in [4.78, 5) is 11.9. The first-order chi connectivity index (χ1) is 13.0. The molecule has 4 N–H and O–H groups in total. The van der Waals surface area contributed by atoms with Crippen LogP contribution in [0.25, 0.3) is 0 Å². The van der Waals surface area contributed by atoms with Crippen LogP contribution in [0.4, 0.5) is 10.1 Å². The van der Waals surface area contributed by atoms with E-state index >= 15 is 0 Å². The van der Waals surface area contributed by atoms with Crippen LogP contribution < -0.4 is 16.1 Å². The van der Waals surface area contributed by atoms with Crippen LogP contribution >= 0.6 is 0 Å². The average molecular weight is 382 g/mol. The number of nitrogens with one attached hydrogen (secondary N) is 3. The van der Waals surface area contributed by atoms with E-state index in [0.29, 0.717) is 17.7 Å². The summed E-state index contributed by atoms with van der Waals surface area (Å²) in [6.07, 6.45) is 7.38. The van der Waals surface area contributed by atoms with Crippen molar-refractivity contribution in [3.05, 3.63) is 29.6 Å². The second-order valence-corrected chi connectivity index (χ2v) is 7.28. The van der Waals surface area contributed by atoms with Gasteiger partial charge in [-0.05, 0) is 81.8 Å². The van der Waals surface area contributed by atoms with Gasteiger partial charge < -0.3 is 10.6 Å². The third-order valence-corrected chi connectivity index (χ3v) is 4.85. The summed E-state index contributed by atoms with van der Waals surface area (Å²) in [7, 11) is 0. The Morgan fingerprint density at radius 3 is 2.44 bits per heavy atom. The zero-order valence-corrected chi connectivity index (χ0v) is 17.0. The van der Waals surface area contributed by atoms with E-state index in [9.17, 15) is 9.18 Å². The van der Waals surface area contributed by atoms with E-state index in [1.807, 2.05) is 0 Å². The molecular weight excluding hydrogens is 345 g/mol. The summed E-state index contributed by atoms with van der Waals surface area (Å²) in [5, 5.41) is 15.6. The number of aryl methyl sites for hydroxylation is 1. The maximum absolute atomic E-state index is 13.4. The summed E-state index contributed by atoms with van der Waals surface area (Å²) in [6.45, 7) is 8.11. The van der Waals surface area contributed by atoms with E-state index < -0.39 is 11.9 Å². The molecule has 0 fully saturated rings. The Kier molecular flexibility index (Phi) is 11.7. The van der Waals surface area contributed by atoms with Gasteiger partial charge in [-0.3, -0.25) is 10.0 Å². The van der Waals surface area contributed by atoms with Crippen molar-refractivity contribution >= 4 is 11.6 Å². The highest BCUT2D eigenvalue weighted by atomic mass is 19.1. The predicted octanol–water partition coefficient (Wildman–Crippen LogP) is 4.40. The molecule has 0 aliphatic carbocycles. The third-order valence-electron chi connectivity index (χ3n) is 4.85. The number of hydrogen-bond donors (Lipinski definition) is 4. The molecule has 0 aliphatic heterocycles. The Morgan fingerprint density at radius 2 is 1.85 bits per heavy atom. The SMILES string of the molecule is CCCC(CCC)CNCCCC[C@@H](Nc1ccc(F)c(C)c1)C(=O)NO. The van der Waals surface area contributed by atoms with E-state index in [4.69, 9.17) is 5.21 Å². The molecule has 0 saturated heterocycles. The molecule has 27 heavy (non-hydrogen) atoms. The second kappa shape index (κ2) is 13.5. The molecule has 0 bridgehead atoms. The molecule has 0 aromatic heterocycles. The summed E-state index contributed by atoms with van der Waals surface area (Å²) in [5.41, 5.74) is 2.90. The molecule has 1 atom stereocenters.